The quantitative estimate of drug-likeness (QED) is 0.172. The van der Waals surface area contributed by atoms with Crippen LogP contribution in [0.1, 0.15) is 170 Å². The van der Waals surface area contributed by atoms with Crippen molar-refractivity contribution in [3.05, 3.63) is 70.3 Å². The summed E-state index contributed by atoms with van der Waals surface area (Å²) in [4.78, 5) is 0. The van der Waals surface area contributed by atoms with Crippen LogP contribution >= 0.6 is 0 Å². The summed E-state index contributed by atoms with van der Waals surface area (Å²) in [5.74, 6) is 1.27. The van der Waals surface area contributed by atoms with Gasteiger partial charge < -0.3 is 0 Å². The molecule has 2 atom stereocenters. The van der Waals surface area contributed by atoms with Gasteiger partial charge in [-0.2, -0.15) is 0 Å². The molecule has 1 aliphatic rings. The predicted molar refractivity (Wildman–Crippen MR) is 160 cm³/mol. The van der Waals surface area contributed by atoms with Crippen LogP contribution < -0.4 is 0 Å². The molecule has 0 bridgehead atoms. The first-order valence-electron chi connectivity index (χ1n) is 15.9. The molecule has 0 saturated heterocycles. The molecule has 0 heteroatoms. The van der Waals surface area contributed by atoms with Gasteiger partial charge in [-0.05, 0) is 65.8 Å². The van der Waals surface area contributed by atoms with Gasteiger partial charge in [-0.15, -0.1) is 0 Å². The van der Waals surface area contributed by atoms with E-state index in [1.165, 1.54) is 133 Å². The minimum Gasteiger partial charge on any atom is -0.0654 e. The molecular weight excluding hydrogens is 432 g/mol. The molecule has 0 saturated carbocycles. The van der Waals surface area contributed by atoms with Gasteiger partial charge in [0.25, 0.3) is 0 Å². The van der Waals surface area contributed by atoms with Crippen LogP contribution in [-0.2, 0) is 12.8 Å². The first kappa shape index (κ1) is 29.0. The van der Waals surface area contributed by atoms with Crippen LogP contribution in [0.15, 0.2) is 42.5 Å². The smallest absolute Gasteiger partial charge is 0.00979 e. The summed E-state index contributed by atoms with van der Waals surface area (Å²) in [6.45, 7) is 7.02. The van der Waals surface area contributed by atoms with Crippen molar-refractivity contribution in [1.82, 2.24) is 0 Å². The Labute approximate surface area is 224 Å². The molecule has 0 nitrogen and oxygen atoms in total. The van der Waals surface area contributed by atoms with Gasteiger partial charge in [0.05, 0.1) is 0 Å². The molecule has 0 fully saturated rings. The Kier molecular flexibility index (Phi) is 13.7. The van der Waals surface area contributed by atoms with Crippen LogP contribution in [0.25, 0.3) is 0 Å². The maximum absolute atomic E-state index is 2.57. The van der Waals surface area contributed by atoms with E-state index in [-0.39, 0.29) is 0 Å². The average Bonchev–Trinajstić information content (AvgIpc) is 3.23. The highest BCUT2D eigenvalue weighted by Crippen LogP contribution is 2.45. The van der Waals surface area contributed by atoms with Gasteiger partial charge in [-0.1, -0.05) is 153 Å². The molecule has 2 aromatic carbocycles. The number of benzene rings is 2. The zero-order valence-electron chi connectivity index (χ0n) is 24.1. The highest BCUT2D eigenvalue weighted by atomic mass is 14.3. The minimum absolute atomic E-state index is 0.589. The van der Waals surface area contributed by atoms with Gasteiger partial charge in [0.2, 0.25) is 0 Å². The Hall–Kier alpha value is -1.56. The van der Waals surface area contributed by atoms with E-state index in [0.29, 0.717) is 11.8 Å². The van der Waals surface area contributed by atoms with Crippen LogP contribution in [0, 0.1) is 0 Å². The summed E-state index contributed by atoms with van der Waals surface area (Å²) in [7, 11) is 0. The van der Waals surface area contributed by atoms with Gasteiger partial charge >= 0.3 is 0 Å². The number of unbranched alkanes of at least 4 members (excludes halogenated alkanes) is 14. The highest BCUT2D eigenvalue weighted by molar-refractivity contribution is 5.46. The molecule has 0 N–H and O–H groups in total. The number of hydrogen-bond acceptors (Lipinski definition) is 0. The Morgan fingerprint density at radius 3 is 1.56 bits per heavy atom. The molecule has 0 heterocycles. The van der Waals surface area contributed by atoms with Crippen molar-refractivity contribution in [3.8, 4) is 0 Å². The van der Waals surface area contributed by atoms with Gasteiger partial charge in [0.1, 0.15) is 0 Å². The topological polar surface area (TPSA) is 0 Å². The average molecular weight is 489 g/mol. The van der Waals surface area contributed by atoms with Crippen molar-refractivity contribution in [2.45, 2.75) is 155 Å². The monoisotopic (exact) mass is 488 g/mol. The van der Waals surface area contributed by atoms with Gasteiger partial charge in [0.15, 0.2) is 0 Å². The Bertz CT molecular complexity index is 830. The van der Waals surface area contributed by atoms with Crippen LogP contribution in [0.2, 0.25) is 0 Å². The lowest BCUT2D eigenvalue weighted by Gasteiger charge is -2.14. The van der Waals surface area contributed by atoms with Crippen LogP contribution in [0.3, 0.4) is 0 Å². The largest absolute Gasteiger partial charge is 0.0654 e. The molecule has 2 unspecified atom stereocenters. The van der Waals surface area contributed by atoms with E-state index >= 15 is 0 Å². The van der Waals surface area contributed by atoms with Crippen molar-refractivity contribution in [2.24, 2.45) is 0 Å². The minimum atomic E-state index is 0.589. The first-order chi connectivity index (χ1) is 17.7. The van der Waals surface area contributed by atoms with E-state index in [1.807, 2.05) is 0 Å². The standard InChI is InChI=1S/C36H56/c1-4-6-8-10-12-14-16-18-20-31-22-25-33(26-23-31)35-28-30(3)34-27-24-32(29-36(34)35)21-19-17-15-13-11-9-7-5-2/h22-27,29-30,35H,4-21,28H2,1-3H3. The second-order valence-electron chi connectivity index (χ2n) is 11.8. The van der Waals surface area contributed by atoms with E-state index in [2.05, 4.69) is 63.2 Å². The van der Waals surface area contributed by atoms with E-state index < -0.39 is 0 Å². The lowest BCUT2D eigenvalue weighted by atomic mass is 9.90. The number of rotatable bonds is 19. The third-order valence-electron chi connectivity index (χ3n) is 8.67. The third kappa shape index (κ3) is 9.72. The Morgan fingerprint density at radius 2 is 1.00 bits per heavy atom. The van der Waals surface area contributed by atoms with Gasteiger partial charge in [0, 0.05) is 5.92 Å². The summed E-state index contributed by atoms with van der Waals surface area (Å²) in [6, 6.07) is 17.2. The second-order valence-corrected chi connectivity index (χ2v) is 11.8. The number of fused-ring (bicyclic) bond motifs is 1. The number of aryl methyl sites for hydroxylation is 2. The molecule has 0 aliphatic heterocycles. The fourth-order valence-electron chi connectivity index (χ4n) is 6.30. The second kappa shape index (κ2) is 17.0. The van der Waals surface area contributed by atoms with E-state index in [0.717, 1.165) is 0 Å². The predicted octanol–water partition coefficient (Wildman–Crippen LogP) is 11.7. The van der Waals surface area contributed by atoms with E-state index in [4.69, 9.17) is 0 Å². The lowest BCUT2D eigenvalue weighted by molar-refractivity contribution is 0.575. The van der Waals surface area contributed by atoms with Crippen molar-refractivity contribution in [3.63, 3.8) is 0 Å². The maximum Gasteiger partial charge on any atom is 0.00979 e. The van der Waals surface area contributed by atoms with Crippen LogP contribution in [-0.4, -0.2) is 0 Å². The summed E-state index contributed by atoms with van der Waals surface area (Å²) in [5, 5.41) is 0. The zero-order valence-corrected chi connectivity index (χ0v) is 24.1. The van der Waals surface area contributed by atoms with Crippen molar-refractivity contribution in [2.75, 3.05) is 0 Å². The Morgan fingerprint density at radius 1 is 0.528 bits per heavy atom. The lowest BCUT2D eigenvalue weighted by Crippen LogP contribution is -1.98. The molecule has 1 aliphatic carbocycles. The van der Waals surface area contributed by atoms with E-state index in [1.54, 1.807) is 16.7 Å². The fourth-order valence-corrected chi connectivity index (χ4v) is 6.30. The molecule has 36 heavy (non-hydrogen) atoms. The highest BCUT2D eigenvalue weighted by Gasteiger charge is 2.29. The maximum atomic E-state index is 2.57. The van der Waals surface area contributed by atoms with Crippen molar-refractivity contribution < 1.29 is 0 Å². The fraction of sp³-hybridized carbons (Fsp3) is 0.667. The van der Waals surface area contributed by atoms with Crippen LogP contribution in [0.5, 0.6) is 0 Å². The molecule has 0 amide bonds. The molecule has 3 rings (SSSR count). The molecule has 0 aromatic heterocycles. The molecule has 2 aromatic rings. The summed E-state index contributed by atoms with van der Waals surface area (Å²) in [6.07, 6.45) is 26.2. The molecular formula is C36H56. The van der Waals surface area contributed by atoms with Gasteiger partial charge in [-0.25, -0.2) is 0 Å². The third-order valence-corrected chi connectivity index (χ3v) is 8.67. The van der Waals surface area contributed by atoms with Crippen molar-refractivity contribution >= 4 is 0 Å². The Balaban J connectivity index is 1.44. The van der Waals surface area contributed by atoms with Crippen LogP contribution in [0.4, 0.5) is 0 Å². The molecule has 0 radical (unpaired) electrons. The summed E-state index contributed by atoms with van der Waals surface area (Å²) >= 11 is 0. The first-order valence-corrected chi connectivity index (χ1v) is 15.9. The van der Waals surface area contributed by atoms with Gasteiger partial charge in [-0.3, -0.25) is 0 Å². The molecule has 200 valence electrons. The summed E-state index contributed by atoms with van der Waals surface area (Å²) < 4.78 is 0. The number of hydrogen-bond donors (Lipinski definition) is 0. The normalized spacial score (nSPS) is 17.0. The summed E-state index contributed by atoms with van der Waals surface area (Å²) in [5.41, 5.74) is 7.84. The molecule has 0 spiro atoms. The van der Waals surface area contributed by atoms with E-state index in [9.17, 15) is 0 Å². The SMILES string of the molecule is CCCCCCCCCCc1ccc(C2CC(C)c3ccc(CCCCCCCCCC)cc32)cc1. The zero-order chi connectivity index (χ0) is 25.4. The van der Waals surface area contributed by atoms with Crippen molar-refractivity contribution in [1.29, 1.82) is 0 Å².